The maximum Gasteiger partial charge on any atom is 0.265 e. The van der Waals surface area contributed by atoms with Crippen molar-refractivity contribution in [1.29, 1.82) is 0 Å². The highest BCUT2D eigenvalue weighted by Crippen LogP contribution is 2.28. The standard InChI is InChI=1S/C16H21ClN4O2S/c1-20(2)16-18-15(23-19-16)11-5-7-21(8-6-11)14(22)4-3-13-9-12(17)10-24-13/h9-11H,3-8H2,1-2H3. The Morgan fingerprint density at radius 3 is 2.79 bits per heavy atom. The van der Waals surface area contributed by atoms with Gasteiger partial charge in [-0.15, -0.1) is 11.3 Å². The van der Waals surface area contributed by atoms with Crippen LogP contribution in [-0.4, -0.2) is 48.1 Å². The largest absolute Gasteiger partial charge is 0.344 e. The van der Waals surface area contributed by atoms with Gasteiger partial charge in [-0.25, -0.2) is 0 Å². The predicted octanol–water partition coefficient (Wildman–Crippen LogP) is 3.19. The molecular formula is C16H21ClN4O2S. The van der Waals surface area contributed by atoms with Crippen LogP contribution in [0.15, 0.2) is 16.0 Å². The number of carbonyl (C=O) groups is 1. The zero-order chi connectivity index (χ0) is 17.1. The lowest BCUT2D eigenvalue weighted by atomic mass is 9.96. The summed E-state index contributed by atoms with van der Waals surface area (Å²) in [6.07, 6.45) is 3.02. The number of carbonyl (C=O) groups excluding carboxylic acids is 1. The van der Waals surface area contributed by atoms with E-state index >= 15 is 0 Å². The van der Waals surface area contributed by atoms with Crippen LogP contribution in [0.1, 0.15) is 35.9 Å². The van der Waals surface area contributed by atoms with Crippen LogP contribution < -0.4 is 4.90 Å². The maximum atomic E-state index is 12.4. The molecule has 3 heterocycles. The summed E-state index contributed by atoms with van der Waals surface area (Å²) < 4.78 is 5.35. The second-order valence-electron chi connectivity index (χ2n) is 6.21. The van der Waals surface area contributed by atoms with Gasteiger partial charge in [-0.3, -0.25) is 4.79 Å². The Kier molecular flexibility index (Phi) is 5.40. The summed E-state index contributed by atoms with van der Waals surface area (Å²) >= 11 is 7.52. The number of anilines is 1. The molecule has 8 heteroatoms. The zero-order valence-electron chi connectivity index (χ0n) is 13.9. The van der Waals surface area contributed by atoms with Gasteiger partial charge in [-0.1, -0.05) is 11.6 Å². The fourth-order valence-electron chi connectivity index (χ4n) is 2.82. The van der Waals surface area contributed by atoms with E-state index in [0.717, 1.165) is 42.3 Å². The molecule has 0 bridgehead atoms. The number of halogens is 1. The number of aromatic nitrogens is 2. The Morgan fingerprint density at radius 2 is 2.21 bits per heavy atom. The number of thiophene rings is 1. The van der Waals surface area contributed by atoms with E-state index in [4.69, 9.17) is 16.1 Å². The van der Waals surface area contributed by atoms with Crippen molar-refractivity contribution in [2.24, 2.45) is 0 Å². The van der Waals surface area contributed by atoms with Crippen LogP contribution in [0.5, 0.6) is 0 Å². The summed E-state index contributed by atoms with van der Waals surface area (Å²) in [6, 6.07) is 1.93. The third-order valence-electron chi connectivity index (χ3n) is 4.23. The van der Waals surface area contributed by atoms with Gasteiger partial charge in [0, 0.05) is 49.8 Å². The lowest BCUT2D eigenvalue weighted by Crippen LogP contribution is -2.38. The number of rotatable bonds is 5. The van der Waals surface area contributed by atoms with E-state index in [9.17, 15) is 4.79 Å². The smallest absolute Gasteiger partial charge is 0.265 e. The Bertz CT molecular complexity index is 692. The minimum absolute atomic E-state index is 0.206. The van der Waals surface area contributed by atoms with Crippen LogP contribution >= 0.6 is 22.9 Å². The van der Waals surface area contributed by atoms with Crippen molar-refractivity contribution in [3.05, 3.63) is 27.2 Å². The van der Waals surface area contributed by atoms with E-state index in [0.29, 0.717) is 18.3 Å². The number of hydrogen-bond acceptors (Lipinski definition) is 6. The van der Waals surface area contributed by atoms with Crippen LogP contribution in [0.4, 0.5) is 5.95 Å². The van der Waals surface area contributed by atoms with Crippen LogP contribution in [0, 0.1) is 0 Å². The van der Waals surface area contributed by atoms with Gasteiger partial charge in [0.25, 0.3) is 5.95 Å². The molecule has 0 aromatic carbocycles. The van der Waals surface area contributed by atoms with Crippen LogP contribution in [0.25, 0.3) is 0 Å². The first-order chi connectivity index (χ1) is 11.5. The normalized spacial score (nSPS) is 15.7. The predicted molar refractivity (Wildman–Crippen MR) is 94.8 cm³/mol. The van der Waals surface area contributed by atoms with E-state index in [1.165, 1.54) is 0 Å². The molecule has 2 aromatic rings. The van der Waals surface area contributed by atoms with Gasteiger partial charge in [0.05, 0.1) is 5.02 Å². The molecule has 24 heavy (non-hydrogen) atoms. The number of aryl methyl sites for hydroxylation is 1. The fraction of sp³-hybridized carbons (Fsp3) is 0.562. The second kappa shape index (κ2) is 7.53. The van der Waals surface area contributed by atoms with Gasteiger partial charge in [0.2, 0.25) is 11.8 Å². The van der Waals surface area contributed by atoms with Gasteiger partial charge >= 0.3 is 0 Å². The number of amides is 1. The summed E-state index contributed by atoms with van der Waals surface area (Å²) in [5, 5.41) is 6.61. The minimum Gasteiger partial charge on any atom is -0.344 e. The Balaban J connectivity index is 1.48. The number of hydrogen-bond donors (Lipinski definition) is 0. The van der Waals surface area contributed by atoms with E-state index in [1.807, 2.05) is 35.3 Å². The molecule has 1 amide bonds. The van der Waals surface area contributed by atoms with Gasteiger partial charge in [-0.2, -0.15) is 4.98 Å². The highest BCUT2D eigenvalue weighted by Gasteiger charge is 2.27. The van der Waals surface area contributed by atoms with Crippen molar-refractivity contribution in [3.63, 3.8) is 0 Å². The molecule has 1 aliphatic heterocycles. The third kappa shape index (κ3) is 4.08. The molecule has 0 unspecified atom stereocenters. The third-order valence-corrected chi connectivity index (χ3v) is 5.58. The fourth-order valence-corrected chi connectivity index (χ4v) is 3.90. The molecular weight excluding hydrogens is 348 g/mol. The average molecular weight is 369 g/mol. The molecule has 6 nitrogen and oxygen atoms in total. The molecule has 1 saturated heterocycles. The molecule has 130 valence electrons. The lowest BCUT2D eigenvalue weighted by Gasteiger charge is -2.30. The molecule has 1 fully saturated rings. The Labute approximate surface area is 150 Å². The van der Waals surface area contributed by atoms with Gasteiger partial charge < -0.3 is 14.3 Å². The van der Waals surface area contributed by atoms with Crippen LogP contribution in [0.3, 0.4) is 0 Å². The van der Waals surface area contributed by atoms with Crippen molar-refractivity contribution >= 4 is 34.8 Å². The van der Waals surface area contributed by atoms with Gasteiger partial charge in [0.1, 0.15) is 0 Å². The zero-order valence-corrected chi connectivity index (χ0v) is 15.4. The topological polar surface area (TPSA) is 62.5 Å². The molecule has 0 saturated carbocycles. The van der Waals surface area contributed by atoms with Crippen molar-refractivity contribution in [3.8, 4) is 0 Å². The highest BCUT2D eigenvalue weighted by atomic mass is 35.5. The first kappa shape index (κ1) is 17.2. The number of piperidine rings is 1. The van der Waals surface area contributed by atoms with E-state index in [-0.39, 0.29) is 11.8 Å². The Morgan fingerprint density at radius 1 is 1.46 bits per heavy atom. The molecule has 0 spiro atoms. The van der Waals surface area contributed by atoms with E-state index < -0.39 is 0 Å². The summed E-state index contributed by atoms with van der Waals surface area (Å²) in [4.78, 5) is 21.7. The first-order valence-electron chi connectivity index (χ1n) is 8.04. The quantitative estimate of drug-likeness (QED) is 0.811. The molecule has 0 aliphatic carbocycles. The molecule has 0 radical (unpaired) electrons. The highest BCUT2D eigenvalue weighted by molar-refractivity contribution is 7.10. The van der Waals surface area contributed by atoms with E-state index in [1.54, 1.807) is 11.3 Å². The lowest BCUT2D eigenvalue weighted by molar-refractivity contribution is -0.132. The summed E-state index contributed by atoms with van der Waals surface area (Å²) in [7, 11) is 3.77. The van der Waals surface area contributed by atoms with Gasteiger partial charge in [0.15, 0.2) is 0 Å². The molecule has 1 aliphatic rings. The average Bonchev–Trinajstić information content (AvgIpc) is 3.22. The second-order valence-corrected chi connectivity index (χ2v) is 7.65. The van der Waals surface area contributed by atoms with Crippen molar-refractivity contribution in [1.82, 2.24) is 15.0 Å². The van der Waals surface area contributed by atoms with E-state index in [2.05, 4.69) is 10.1 Å². The molecule has 0 atom stereocenters. The molecule has 2 aromatic heterocycles. The summed E-state index contributed by atoms with van der Waals surface area (Å²) in [5.41, 5.74) is 0. The number of nitrogens with zero attached hydrogens (tertiary/aromatic N) is 4. The maximum absolute atomic E-state index is 12.4. The van der Waals surface area contributed by atoms with Crippen molar-refractivity contribution in [2.75, 3.05) is 32.1 Å². The minimum atomic E-state index is 0.206. The SMILES string of the molecule is CN(C)c1noc(C2CCN(C(=O)CCc3cc(Cl)cs3)CC2)n1. The monoisotopic (exact) mass is 368 g/mol. The summed E-state index contributed by atoms with van der Waals surface area (Å²) in [6.45, 7) is 1.49. The van der Waals surface area contributed by atoms with Crippen molar-refractivity contribution < 1.29 is 9.32 Å². The number of likely N-dealkylation sites (tertiary alicyclic amines) is 1. The molecule has 0 N–H and O–H groups in total. The Hall–Kier alpha value is -1.60. The van der Waals surface area contributed by atoms with Crippen LogP contribution in [-0.2, 0) is 11.2 Å². The summed E-state index contributed by atoms with van der Waals surface area (Å²) in [5.74, 6) is 1.72. The van der Waals surface area contributed by atoms with Gasteiger partial charge in [-0.05, 0) is 30.5 Å². The molecule has 3 rings (SSSR count). The van der Waals surface area contributed by atoms with Crippen LogP contribution in [0.2, 0.25) is 5.02 Å². The van der Waals surface area contributed by atoms with Crippen molar-refractivity contribution in [2.45, 2.75) is 31.6 Å². The first-order valence-corrected chi connectivity index (χ1v) is 9.30.